The summed E-state index contributed by atoms with van der Waals surface area (Å²) in [5.74, 6) is 0.159. The smallest absolute Gasteiger partial charge is 0.135 e. The van der Waals surface area contributed by atoms with Crippen LogP contribution in [0.3, 0.4) is 0 Å². The van der Waals surface area contributed by atoms with Crippen molar-refractivity contribution in [3.8, 4) is 5.75 Å². The lowest BCUT2D eigenvalue weighted by Crippen LogP contribution is -2.47. The molecule has 0 fully saturated rings. The Balaban J connectivity index is 2.36. The normalized spacial score (nSPS) is 29.4. The molecule has 1 N–H and O–H groups in total. The number of methoxy groups -OCH3 is 1. The third kappa shape index (κ3) is 2.15. The van der Waals surface area contributed by atoms with E-state index < -0.39 is 11.7 Å². The van der Waals surface area contributed by atoms with Crippen molar-refractivity contribution in [1.29, 1.82) is 0 Å². The van der Waals surface area contributed by atoms with Crippen LogP contribution in [0.15, 0.2) is 18.2 Å². The quantitative estimate of drug-likeness (QED) is 0.862. The first kappa shape index (κ1) is 12.3. The molecule has 0 aromatic heterocycles. The average molecular weight is 240 g/mol. The van der Waals surface area contributed by atoms with Crippen LogP contribution in [0, 0.1) is 5.82 Å². The van der Waals surface area contributed by atoms with E-state index in [2.05, 4.69) is 0 Å². The highest BCUT2D eigenvalue weighted by molar-refractivity contribution is 5.38. The molecule has 1 aliphatic rings. The summed E-state index contributed by atoms with van der Waals surface area (Å²) >= 11 is 0. The van der Waals surface area contributed by atoms with Gasteiger partial charge in [0.2, 0.25) is 0 Å². The zero-order chi connectivity index (χ0) is 12.6. The maximum atomic E-state index is 13.1. The van der Waals surface area contributed by atoms with E-state index in [9.17, 15) is 9.50 Å². The van der Waals surface area contributed by atoms with Crippen LogP contribution in [0.1, 0.15) is 31.9 Å². The topological polar surface area (TPSA) is 38.7 Å². The fraction of sp³-hybridized carbons (Fsp3) is 0.538. The molecule has 0 saturated heterocycles. The highest BCUT2D eigenvalue weighted by Crippen LogP contribution is 2.41. The van der Waals surface area contributed by atoms with Crippen molar-refractivity contribution in [2.45, 2.75) is 38.1 Å². The fourth-order valence-electron chi connectivity index (χ4n) is 2.16. The van der Waals surface area contributed by atoms with Crippen LogP contribution in [-0.4, -0.2) is 23.9 Å². The van der Waals surface area contributed by atoms with Gasteiger partial charge in [0, 0.05) is 19.1 Å². The van der Waals surface area contributed by atoms with Gasteiger partial charge in [0.1, 0.15) is 17.2 Å². The van der Waals surface area contributed by atoms with E-state index in [1.165, 1.54) is 12.1 Å². The van der Waals surface area contributed by atoms with E-state index in [1.807, 2.05) is 13.8 Å². The Morgan fingerprint density at radius 3 is 2.94 bits per heavy atom. The van der Waals surface area contributed by atoms with Crippen LogP contribution in [-0.2, 0) is 4.74 Å². The molecule has 1 aromatic rings. The standard InChI is InChI=1S/C13H17FO3/c1-8(16-3)13(2)7-11(15)10-6-9(14)4-5-12(10)17-13/h4-6,8,11,15H,7H2,1-3H3. The minimum absolute atomic E-state index is 0.157. The second-order valence-corrected chi connectivity index (χ2v) is 4.69. The van der Waals surface area contributed by atoms with Gasteiger partial charge >= 0.3 is 0 Å². The van der Waals surface area contributed by atoms with Gasteiger partial charge in [0.15, 0.2) is 0 Å². The Morgan fingerprint density at radius 2 is 2.29 bits per heavy atom. The average Bonchev–Trinajstić information content (AvgIpc) is 2.29. The zero-order valence-electron chi connectivity index (χ0n) is 10.2. The number of halogens is 1. The number of benzene rings is 1. The maximum Gasteiger partial charge on any atom is 0.135 e. The summed E-state index contributed by atoms with van der Waals surface area (Å²) in [6, 6.07) is 4.19. The molecule has 3 nitrogen and oxygen atoms in total. The van der Waals surface area contributed by atoms with Crippen LogP contribution in [0.2, 0.25) is 0 Å². The van der Waals surface area contributed by atoms with Crippen molar-refractivity contribution in [1.82, 2.24) is 0 Å². The van der Waals surface area contributed by atoms with Crippen LogP contribution >= 0.6 is 0 Å². The fourth-order valence-corrected chi connectivity index (χ4v) is 2.16. The predicted molar refractivity (Wildman–Crippen MR) is 61.5 cm³/mol. The number of fused-ring (bicyclic) bond motifs is 1. The van der Waals surface area contributed by atoms with E-state index in [0.717, 1.165) is 0 Å². The van der Waals surface area contributed by atoms with Gasteiger partial charge in [-0.3, -0.25) is 0 Å². The Morgan fingerprint density at radius 1 is 1.59 bits per heavy atom. The molecule has 4 heteroatoms. The Labute approximate surface area is 100 Å². The van der Waals surface area contributed by atoms with Crippen LogP contribution in [0.5, 0.6) is 5.75 Å². The molecule has 3 unspecified atom stereocenters. The summed E-state index contributed by atoms with van der Waals surface area (Å²) in [6.07, 6.45) is -0.495. The molecule has 0 spiro atoms. The van der Waals surface area contributed by atoms with Gasteiger partial charge in [-0.15, -0.1) is 0 Å². The van der Waals surface area contributed by atoms with Crippen molar-refractivity contribution in [3.63, 3.8) is 0 Å². The summed E-state index contributed by atoms with van der Waals surface area (Å²) in [5, 5.41) is 10.1. The molecular weight excluding hydrogens is 223 g/mol. The van der Waals surface area contributed by atoms with Crippen molar-refractivity contribution in [2.24, 2.45) is 0 Å². The molecule has 0 bridgehead atoms. The van der Waals surface area contributed by atoms with E-state index >= 15 is 0 Å². The molecule has 2 rings (SSSR count). The first-order valence-electron chi connectivity index (χ1n) is 5.65. The lowest BCUT2D eigenvalue weighted by atomic mass is 9.86. The number of ether oxygens (including phenoxy) is 2. The van der Waals surface area contributed by atoms with Crippen LogP contribution in [0.25, 0.3) is 0 Å². The van der Waals surface area contributed by atoms with Gasteiger partial charge in [-0.1, -0.05) is 0 Å². The summed E-state index contributed by atoms with van der Waals surface area (Å²) in [4.78, 5) is 0. The summed E-state index contributed by atoms with van der Waals surface area (Å²) in [6.45, 7) is 3.78. The van der Waals surface area contributed by atoms with E-state index in [-0.39, 0.29) is 11.9 Å². The predicted octanol–water partition coefficient (Wildman–Crippen LogP) is 2.44. The number of hydrogen-bond donors (Lipinski definition) is 1. The molecule has 17 heavy (non-hydrogen) atoms. The summed E-state index contributed by atoms with van der Waals surface area (Å²) < 4.78 is 24.2. The first-order valence-corrected chi connectivity index (χ1v) is 5.65. The monoisotopic (exact) mass is 240 g/mol. The first-order chi connectivity index (χ1) is 7.96. The molecule has 0 radical (unpaired) electrons. The maximum absolute atomic E-state index is 13.1. The highest BCUT2D eigenvalue weighted by atomic mass is 19.1. The third-order valence-corrected chi connectivity index (χ3v) is 3.49. The molecule has 1 aromatic carbocycles. The third-order valence-electron chi connectivity index (χ3n) is 3.49. The molecule has 1 aliphatic heterocycles. The SMILES string of the molecule is COC(C)C1(C)CC(O)c2cc(F)ccc2O1. The Bertz CT molecular complexity index is 421. The van der Waals surface area contributed by atoms with Gasteiger partial charge in [-0.2, -0.15) is 0 Å². The second-order valence-electron chi connectivity index (χ2n) is 4.69. The lowest BCUT2D eigenvalue weighted by Gasteiger charge is -2.41. The van der Waals surface area contributed by atoms with E-state index in [0.29, 0.717) is 17.7 Å². The van der Waals surface area contributed by atoms with Crippen molar-refractivity contribution in [3.05, 3.63) is 29.6 Å². The molecular formula is C13H17FO3. The number of aliphatic hydroxyl groups excluding tert-OH is 1. The van der Waals surface area contributed by atoms with Crippen LogP contribution in [0.4, 0.5) is 4.39 Å². The van der Waals surface area contributed by atoms with Crippen LogP contribution < -0.4 is 4.74 Å². The molecule has 0 amide bonds. The lowest BCUT2D eigenvalue weighted by molar-refractivity contribution is -0.0920. The van der Waals surface area contributed by atoms with Gasteiger partial charge in [-0.05, 0) is 32.0 Å². The molecule has 1 heterocycles. The van der Waals surface area contributed by atoms with Crippen molar-refractivity contribution in [2.75, 3.05) is 7.11 Å². The Hall–Kier alpha value is -1.13. The molecule has 94 valence electrons. The minimum atomic E-state index is -0.725. The molecule has 0 saturated carbocycles. The van der Waals surface area contributed by atoms with Crippen molar-refractivity contribution >= 4 is 0 Å². The van der Waals surface area contributed by atoms with E-state index in [4.69, 9.17) is 9.47 Å². The summed E-state index contributed by atoms with van der Waals surface area (Å²) in [7, 11) is 1.60. The number of rotatable bonds is 2. The van der Waals surface area contributed by atoms with Gasteiger partial charge in [0.25, 0.3) is 0 Å². The van der Waals surface area contributed by atoms with Gasteiger partial charge in [-0.25, -0.2) is 4.39 Å². The molecule has 0 aliphatic carbocycles. The van der Waals surface area contributed by atoms with Crippen molar-refractivity contribution < 1.29 is 19.0 Å². The minimum Gasteiger partial charge on any atom is -0.484 e. The second kappa shape index (κ2) is 4.27. The Kier molecular flexibility index (Phi) is 3.10. The zero-order valence-corrected chi connectivity index (χ0v) is 10.2. The molecule has 3 atom stereocenters. The van der Waals surface area contributed by atoms with Gasteiger partial charge < -0.3 is 14.6 Å². The number of hydrogen-bond acceptors (Lipinski definition) is 3. The summed E-state index contributed by atoms with van der Waals surface area (Å²) in [5.41, 5.74) is -0.0929. The van der Waals surface area contributed by atoms with E-state index in [1.54, 1.807) is 13.2 Å². The number of aliphatic hydroxyl groups is 1. The van der Waals surface area contributed by atoms with Gasteiger partial charge in [0.05, 0.1) is 12.2 Å². The highest BCUT2D eigenvalue weighted by Gasteiger charge is 2.41. The largest absolute Gasteiger partial charge is 0.484 e.